The molecule has 2 aromatic rings. The first-order valence-corrected chi connectivity index (χ1v) is 9.33. The Labute approximate surface area is 152 Å². The van der Waals surface area contributed by atoms with E-state index in [9.17, 15) is 13.2 Å². The van der Waals surface area contributed by atoms with Crippen molar-refractivity contribution in [1.82, 2.24) is 15.2 Å². The number of rotatable bonds is 7. The number of nitrogens with one attached hydrogen (secondary N) is 2. The van der Waals surface area contributed by atoms with Crippen LogP contribution in [-0.2, 0) is 21.2 Å². The third-order valence-electron chi connectivity index (χ3n) is 3.09. The van der Waals surface area contributed by atoms with E-state index in [2.05, 4.69) is 20.5 Å². The van der Waals surface area contributed by atoms with E-state index in [0.29, 0.717) is 17.3 Å². The van der Waals surface area contributed by atoms with Gasteiger partial charge in [0.1, 0.15) is 11.6 Å². The SMILES string of the molecule is CC(C)CS(=O)(=O)CC(=O)Nc1ccc(-c2n[nH]c(CN)n2)cc1.Cl. The first kappa shape index (κ1) is 21.1. The highest BCUT2D eigenvalue weighted by atomic mass is 35.5. The number of hydrogen-bond acceptors (Lipinski definition) is 6. The first-order chi connectivity index (χ1) is 11.3. The zero-order chi connectivity index (χ0) is 17.7. The Morgan fingerprint density at radius 3 is 2.44 bits per heavy atom. The van der Waals surface area contributed by atoms with Crippen molar-refractivity contribution in [3.05, 3.63) is 30.1 Å². The quantitative estimate of drug-likeness (QED) is 0.657. The molecule has 1 heterocycles. The molecule has 8 nitrogen and oxygen atoms in total. The van der Waals surface area contributed by atoms with Crippen LogP contribution in [0.2, 0.25) is 0 Å². The van der Waals surface area contributed by atoms with Crippen LogP contribution in [0, 0.1) is 5.92 Å². The molecule has 1 aromatic carbocycles. The van der Waals surface area contributed by atoms with Gasteiger partial charge in [0.15, 0.2) is 15.7 Å². The van der Waals surface area contributed by atoms with Gasteiger partial charge in [-0.3, -0.25) is 9.89 Å². The number of aromatic nitrogens is 3. The van der Waals surface area contributed by atoms with Gasteiger partial charge in [-0.05, 0) is 30.2 Å². The lowest BCUT2D eigenvalue weighted by atomic mass is 10.2. The molecule has 1 amide bonds. The molecule has 0 aliphatic rings. The average molecular weight is 388 g/mol. The van der Waals surface area contributed by atoms with Crippen LogP contribution in [0.3, 0.4) is 0 Å². The van der Waals surface area contributed by atoms with Crippen molar-refractivity contribution in [2.24, 2.45) is 11.7 Å². The maximum Gasteiger partial charge on any atom is 0.239 e. The van der Waals surface area contributed by atoms with E-state index in [1.54, 1.807) is 38.1 Å². The minimum atomic E-state index is -3.40. The molecular formula is C15H22ClN5O3S. The van der Waals surface area contributed by atoms with Crippen molar-refractivity contribution in [1.29, 1.82) is 0 Å². The van der Waals surface area contributed by atoms with Gasteiger partial charge in [0.25, 0.3) is 0 Å². The van der Waals surface area contributed by atoms with E-state index in [1.807, 2.05) is 0 Å². The smallest absolute Gasteiger partial charge is 0.239 e. The first-order valence-electron chi connectivity index (χ1n) is 7.51. The van der Waals surface area contributed by atoms with Crippen molar-refractivity contribution in [3.63, 3.8) is 0 Å². The number of hydrogen-bond donors (Lipinski definition) is 3. The van der Waals surface area contributed by atoms with Crippen LogP contribution in [-0.4, -0.2) is 41.0 Å². The van der Waals surface area contributed by atoms with Crippen LogP contribution >= 0.6 is 12.4 Å². The standard InChI is InChI=1S/C15H21N5O3S.ClH/c1-10(2)8-24(22,23)9-14(21)17-12-5-3-11(4-6-12)15-18-13(7-16)19-20-15;/h3-6,10H,7-9,16H2,1-2H3,(H,17,21)(H,18,19,20);1H. The second-order valence-electron chi connectivity index (χ2n) is 5.88. The van der Waals surface area contributed by atoms with Crippen molar-refractivity contribution in [2.45, 2.75) is 20.4 Å². The molecule has 0 spiro atoms. The van der Waals surface area contributed by atoms with Gasteiger partial charge in [-0.1, -0.05) is 13.8 Å². The summed E-state index contributed by atoms with van der Waals surface area (Å²) in [4.78, 5) is 16.1. The van der Waals surface area contributed by atoms with Gasteiger partial charge in [-0.15, -0.1) is 12.4 Å². The average Bonchev–Trinajstić information content (AvgIpc) is 2.94. The van der Waals surface area contributed by atoms with E-state index in [0.717, 1.165) is 5.56 Å². The minimum Gasteiger partial charge on any atom is -0.325 e. The molecule has 4 N–H and O–H groups in total. The Morgan fingerprint density at radius 2 is 1.92 bits per heavy atom. The Hall–Kier alpha value is -1.97. The number of nitrogens with two attached hydrogens (primary N) is 1. The molecule has 25 heavy (non-hydrogen) atoms. The molecule has 0 bridgehead atoms. The van der Waals surface area contributed by atoms with Crippen molar-refractivity contribution in [3.8, 4) is 11.4 Å². The molecule has 0 fully saturated rings. The second-order valence-corrected chi connectivity index (χ2v) is 7.99. The molecule has 0 aliphatic heterocycles. The van der Waals surface area contributed by atoms with Crippen LogP contribution in [0.4, 0.5) is 5.69 Å². The zero-order valence-corrected chi connectivity index (χ0v) is 15.7. The van der Waals surface area contributed by atoms with Crippen LogP contribution in [0.15, 0.2) is 24.3 Å². The van der Waals surface area contributed by atoms with Gasteiger partial charge < -0.3 is 11.1 Å². The molecule has 0 aliphatic carbocycles. The second kappa shape index (κ2) is 8.93. The Bertz CT molecular complexity index is 803. The van der Waals surface area contributed by atoms with Crippen molar-refractivity contribution >= 4 is 33.8 Å². The summed E-state index contributed by atoms with van der Waals surface area (Å²) >= 11 is 0. The predicted molar refractivity (Wildman–Crippen MR) is 99.1 cm³/mol. The highest BCUT2D eigenvalue weighted by Gasteiger charge is 2.18. The summed E-state index contributed by atoms with van der Waals surface area (Å²) in [6.45, 7) is 3.87. The summed E-state index contributed by atoms with van der Waals surface area (Å²) in [6, 6.07) is 6.81. The molecule has 10 heteroatoms. The largest absolute Gasteiger partial charge is 0.325 e. The number of H-pyrrole nitrogens is 1. The maximum absolute atomic E-state index is 11.9. The summed E-state index contributed by atoms with van der Waals surface area (Å²) in [5.74, 6) is 0.000563. The number of halogens is 1. The van der Waals surface area contributed by atoms with Crippen LogP contribution in [0.5, 0.6) is 0 Å². The van der Waals surface area contributed by atoms with Gasteiger partial charge in [0, 0.05) is 11.3 Å². The van der Waals surface area contributed by atoms with Gasteiger partial charge in [-0.25, -0.2) is 13.4 Å². The number of nitrogens with zero attached hydrogens (tertiary/aromatic N) is 2. The molecule has 0 radical (unpaired) electrons. The number of benzene rings is 1. The van der Waals surface area contributed by atoms with E-state index in [4.69, 9.17) is 5.73 Å². The van der Waals surface area contributed by atoms with Crippen molar-refractivity contribution in [2.75, 3.05) is 16.8 Å². The molecule has 0 atom stereocenters. The third-order valence-corrected chi connectivity index (χ3v) is 4.97. The van der Waals surface area contributed by atoms with Gasteiger partial charge in [0.05, 0.1) is 12.3 Å². The summed E-state index contributed by atoms with van der Waals surface area (Å²) in [5.41, 5.74) is 6.74. The molecule has 1 aromatic heterocycles. The number of carbonyl (C=O) groups is 1. The van der Waals surface area contributed by atoms with Gasteiger partial charge >= 0.3 is 0 Å². The molecule has 0 saturated carbocycles. The van der Waals surface area contributed by atoms with E-state index < -0.39 is 21.5 Å². The monoisotopic (exact) mass is 387 g/mol. The van der Waals surface area contributed by atoms with Gasteiger partial charge in [0.2, 0.25) is 5.91 Å². The lowest BCUT2D eigenvalue weighted by Crippen LogP contribution is -2.26. The Kier molecular flexibility index (Phi) is 7.53. The topological polar surface area (TPSA) is 131 Å². The summed E-state index contributed by atoms with van der Waals surface area (Å²) in [7, 11) is -3.40. The molecule has 0 unspecified atom stereocenters. The highest BCUT2D eigenvalue weighted by molar-refractivity contribution is 7.92. The number of aromatic amines is 1. The molecular weight excluding hydrogens is 366 g/mol. The fourth-order valence-electron chi connectivity index (χ4n) is 2.18. The van der Waals surface area contributed by atoms with E-state index >= 15 is 0 Å². The van der Waals surface area contributed by atoms with Crippen LogP contribution < -0.4 is 11.1 Å². The summed E-state index contributed by atoms with van der Waals surface area (Å²) in [6.07, 6.45) is 0. The highest BCUT2D eigenvalue weighted by Crippen LogP contribution is 2.18. The lowest BCUT2D eigenvalue weighted by molar-refractivity contribution is -0.113. The predicted octanol–water partition coefficient (Wildman–Crippen LogP) is 1.36. The third kappa shape index (κ3) is 6.45. The Morgan fingerprint density at radius 1 is 1.28 bits per heavy atom. The number of anilines is 1. The zero-order valence-electron chi connectivity index (χ0n) is 14.0. The Balaban J connectivity index is 0.00000312. The fraction of sp³-hybridized carbons (Fsp3) is 0.400. The molecule has 2 rings (SSSR count). The number of sulfone groups is 1. The van der Waals surface area contributed by atoms with Crippen LogP contribution in [0.25, 0.3) is 11.4 Å². The number of carbonyl (C=O) groups excluding carboxylic acids is 1. The molecule has 0 saturated heterocycles. The van der Waals surface area contributed by atoms with Crippen molar-refractivity contribution < 1.29 is 13.2 Å². The van der Waals surface area contributed by atoms with Gasteiger partial charge in [-0.2, -0.15) is 5.10 Å². The van der Waals surface area contributed by atoms with Crippen LogP contribution in [0.1, 0.15) is 19.7 Å². The number of amides is 1. The summed E-state index contributed by atoms with van der Waals surface area (Å²) < 4.78 is 23.6. The fourth-order valence-corrected chi connectivity index (χ4v) is 3.79. The maximum atomic E-state index is 11.9. The van der Waals surface area contributed by atoms with E-state index in [1.165, 1.54) is 0 Å². The summed E-state index contributed by atoms with van der Waals surface area (Å²) in [5, 5.41) is 9.34. The van der Waals surface area contributed by atoms with E-state index in [-0.39, 0.29) is 30.6 Å². The normalized spacial score (nSPS) is 11.2. The minimum absolute atomic E-state index is 0. The lowest BCUT2D eigenvalue weighted by Gasteiger charge is -2.08. The molecule has 138 valence electrons.